The third kappa shape index (κ3) is 8.25. The average Bonchev–Trinajstić information content (AvgIpc) is 3.02. The van der Waals surface area contributed by atoms with Crippen molar-refractivity contribution >= 4 is 46.1 Å². The molecule has 2 amide bonds. The molecule has 234 valence electrons. The monoisotopic (exact) mass is 637 g/mol. The summed E-state index contributed by atoms with van der Waals surface area (Å²) in [4.78, 5) is 31.2. The van der Waals surface area contributed by atoms with Crippen LogP contribution in [0.1, 0.15) is 37.4 Å². The summed E-state index contributed by atoms with van der Waals surface area (Å²) in [5, 5.41) is 17.0. The first kappa shape index (κ1) is 32.1. The Labute approximate surface area is 263 Å². The van der Waals surface area contributed by atoms with Crippen LogP contribution in [0.15, 0.2) is 84.0 Å². The van der Waals surface area contributed by atoms with Crippen molar-refractivity contribution in [2.75, 3.05) is 44.6 Å². The maximum Gasteiger partial charge on any atom is 0.417 e. The van der Waals surface area contributed by atoms with E-state index in [1.54, 1.807) is 18.2 Å². The highest BCUT2D eigenvalue weighted by Gasteiger charge is 2.33. The molecule has 3 N–H and O–H groups in total. The molecule has 0 aromatic heterocycles. The number of aliphatic hydroxyl groups excluding tert-OH is 1. The molecular weight excluding hydrogens is 607 g/mol. The molecule has 4 aromatic rings. The summed E-state index contributed by atoms with van der Waals surface area (Å²) in [6, 6.07) is 21.2. The van der Waals surface area contributed by atoms with Crippen molar-refractivity contribution in [3.8, 4) is 0 Å². The van der Waals surface area contributed by atoms with Gasteiger partial charge in [0.1, 0.15) is 0 Å². The van der Waals surface area contributed by atoms with E-state index in [0.29, 0.717) is 18.7 Å². The second-order valence-corrected chi connectivity index (χ2v) is 11.1. The van der Waals surface area contributed by atoms with E-state index in [-0.39, 0.29) is 23.4 Å². The highest BCUT2D eigenvalue weighted by molar-refractivity contribution is 6.31. The normalized spacial score (nSPS) is 14.6. The summed E-state index contributed by atoms with van der Waals surface area (Å²) >= 11 is 5.68. The quantitative estimate of drug-likeness (QED) is 0.163. The van der Waals surface area contributed by atoms with Gasteiger partial charge in [-0.2, -0.15) is 18.3 Å². The highest BCUT2D eigenvalue weighted by Crippen LogP contribution is 2.35. The lowest BCUT2D eigenvalue weighted by Gasteiger charge is -2.34. The van der Waals surface area contributed by atoms with Gasteiger partial charge in [0.25, 0.3) is 11.8 Å². The largest absolute Gasteiger partial charge is 0.417 e. The van der Waals surface area contributed by atoms with Crippen LogP contribution in [0, 0.1) is 0 Å². The van der Waals surface area contributed by atoms with Crippen molar-refractivity contribution in [2.24, 2.45) is 5.10 Å². The molecule has 12 heteroatoms. The number of carbonyl (C=O) groups excluding carboxylic acids is 2. The Morgan fingerprint density at radius 3 is 2.31 bits per heavy atom. The summed E-state index contributed by atoms with van der Waals surface area (Å²) in [5.74, 6) is -1.07. The zero-order chi connectivity index (χ0) is 32.0. The van der Waals surface area contributed by atoms with Crippen LogP contribution in [-0.2, 0) is 12.7 Å². The number of hydrogen-bond donors (Lipinski definition) is 3. The molecule has 0 bridgehead atoms. The first-order valence-corrected chi connectivity index (χ1v) is 14.7. The summed E-state index contributed by atoms with van der Waals surface area (Å²) in [7, 11) is 0. The number of hydrazone groups is 1. The number of benzene rings is 4. The smallest absolute Gasteiger partial charge is 0.395 e. The van der Waals surface area contributed by atoms with Crippen molar-refractivity contribution < 1.29 is 27.9 Å². The number of carbonyl (C=O) groups is 2. The van der Waals surface area contributed by atoms with Crippen LogP contribution in [0.4, 0.5) is 18.9 Å². The molecule has 1 saturated heterocycles. The molecule has 0 unspecified atom stereocenters. The summed E-state index contributed by atoms with van der Waals surface area (Å²) in [6.07, 6.45) is -3.56. The number of nitrogens with one attached hydrogen (secondary N) is 2. The standard InChI is InChI=1S/C33H31ClF3N5O3/c34-29-9-8-22(17-28(29)33(35,36)37)20-38-40-32(45)27-18-24-5-1-2-6-25(24)19-30(27)39-31(44)26-7-3-4-23(16-26)21-42-12-10-41(11-13-42)14-15-43/h1-9,16-20,43H,10-15,21H2,(H,39,44)(H,40,45)/b38-20+. The first-order valence-electron chi connectivity index (χ1n) is 14.3. The lowest BCUT2D eigenvalue weighted by atomic mass is 10.0. The van der Waals surface area contributed by atoms with Gasteiger partial charge in [0, 0.05) is 44.8 Å². The van der Waals surface area contributed by atoms with Crippen molar-refractivity contribution in [2.45, 2.75) is 12.7 Å². The van der Waals surface area contributed by atoms with Gasteiger partial charge in [-0.25, -0.2) is 5.43 Å². The van der Waals surface area contributed by atoms with Crippen molar-refractivity contribution in [3.63, 3.8) is 0 Å². The zero-order valence-electron chi connectivity index (χ0n) is 24.1. The Hall–Kier alpha value is -4.29. The van der Waals surface area contributed by atoms with E-state index in [9.17, 15) is 27.9 Å². The number of anilines is 1. The lowest BCUT2D eigenvalue weighted by molar-refractivity contribution is -0.137. The number of alkyl halides is 3. The van der Waals surface area contributed by atoms with E-state index in [2.05, 4.69) is 25.6 Å². The van der Waals surface area contributed by atoms with E-state index >= 15 is 0 Å². The van der Waals surface area contributed by atoms with E-state index < -0.39 is 28.6 Å². The van der Waals surface area contributed by atoms with Gasteiger partial charge in [0.05, 0.1) is 34.7 Å². The Morgan fingerprint density at radius 2 is 1.60 bits per heavy atom. The fraction of sp³-hybridized carbons (Fsp3) is 0.242. The van der Waals surface area contributed by atoms with E-state index in [4.69, 9.17) is 11.6 Å². The predicted octanol–water partition coefficient (Wildman–Crippen LogP) is 5.64. The number of fused-ring (bicyclic) bond motifs is 1. The lowest BCUT2D eigenvalue weighted by Crippen LogP contribution is -2.46. The molecule has 0 radical (unpaired) electrons. The molecule has 8 nitrogen and oxygen atoms in total. The van der Waals surface area contributed by atoms with Crippen LogP contribution in [-0.4, -0.2) is 72.3 Å². The van der Waals surface area contributed by atoms with Gasteiger partial charge >= 0.3 is 6.18 Å². The van der Waals surface area contributed by atoms with Crippen molar-refractivity contribution in [1.82, 2.24) is 15.2 Å². The van der Waals surface area contributed by atoms with Crippen LogP contribution < -0.4 is 10.7 Å². The number of halogens is 4. The molecule has 0 saturated carbocycles. The topological polar surface area (TPSA) is 97.3 Å². The number of piperazine rings is 1. The third-order valence-electron chi connectivity index (χ3n) is 7.53. The molecule has 0 atom stereocenters. The molecule has 1 aliphatic heterocycles. The first-order chi connectivity index (χ1) is 21.6. The van der Waals surface area contributed by atoms with Crippen LogP contribution in [0.3, 0.4) is 0 Å². The molecule has 0 aliphatic carbocycles. The minimum atomic E-state index is -4.64. The van der Waals surface area contributed by atoms with E-state index in [1.165, 1.54) is 6.07 Å². The van der Waals surface area contributed by atoms with Crippen LogP contribution >= 0.6 is 11.6 Å². The summed E-state index contributed by atoms with van der Waals surface area (Å²) in [6.45, 7) is 4.92. The summed E-state index contributed by atoms with van der Waals surface area (Å²) in [5.41, 5.74) is 3.20. The number of hydrogen-bond acceptors (Lipinski definition) is 6. The minimum absolute atomic E-state index is 0.0889. The van der Waals surface area contributed by atoms with Gasteiger partial charge in [-0.3, -0.25) is 19.4 Å². The molecule has 5 rings (SSSR count). The van der Waals surface area contributed by atoms with Crippen LogP contribution in [0.25, 0.3) is 10.8 Å². The molecule has 1 aliphatic rings. The molecule has 45 heavy (non-hydrogen) atoms. The fourth-order valence-electron chi connectivity index (χ4n) is 5.17. The van der Waals surface area contributed by atoms with Gasteiger partial charge in [-0.05, 0) is 58.3 Å². The van der Waals surface area contributed by atoms with Gasteiger partial charge in [-0.15, -0.1) is 0 Å². The van der Waals surface area contributed by atoms with Crippen LogP contribution in [0.2, 0.25) is 5.02 Å². The van der Waals surface area contributed by atoms with Crippen LogP contribution in [0.5, 0.6) is 0 Å². The van der Waals surface area contributed by atoms with Gasteiger partial charge in [0.15, 0.2) is 0 Å². The number of amides is 2. The predicted molar refractivity (Wildman–Crippen MR) is 169 cm³/mol. The summed E-state index contributed by atoms with van der Waals surface area (Å²) < 4.78 is 39.7. The Balaban J connectivity index is 1.32. The number of β-amino-alcohol motifs (C(OH)–C–C–N with tert-alkyl or cyclic N) is 1. The number of nitrogens with zero attached hydrogens (tertiary/aromatic N) is 3. The zero-order valence-corrected chi connectivity index (χ0v) is 24.9. The van der Waals surface area contributed by atoms with Gasteiger partial charge < -0.3 is 10.4 Å². The molecule has 1 fully saturated rings. The maximum atomic E-state index is 13.4. The maximum absolute atomic E-state index is 13.4. The second-order valence-electron chi connectivity index (χ2n) is 10.7. The van der Waals surface area contributed by atoms with Crippen molar-refractivity contribution in [3.05, 3.63) is 112 Å². The van der Waals surface area contributed by atoms with E-state index in [1.807, 2.05) is 42.5 Å². The molecule has 0 spiro atoms. The van der Waals surface area contributed by atoms with E-state index in [0.717, 1.165) is 60.9 Å². The molecule has 4 aromatic carbocycles. The Kier molecular flexibility index (Phi) is 10.1. The van der Waals surface area contributed by atoms with Gasteiger partial charge in [0.2, 0.25) is 0 Å². The average molecular weight is 638 g/mol. The highest BCUT2D eigenvalue weighted by atomic mass is 35.5. The number of aliphatic hydroxyl groups is 1. The Morgan fingerprint density at radius 1 is 0.889 bits per heavy atom. The van der Waals surface area contributed by atoms with Gasteiger partial charge in [-0.1, -0.05) is 54.1 Å². The minimum Gasteiger partial charge on any atom is -0.395 e. The number of rotatable bonds is 9. The fourth-order valence-corrected chi connectivity index (χ4v) is 5.40. The third-order valence-corrected chi connectivity index (χ3v) is 7.86. The Bertz CT molecular complexity index is 1720. The van der Waals surface area contributed by atoms with Crippen molar-refractivity contribution in [1.29, 1.82) is 0 Å². The molecular formula is C33H31ClF3N5O3. The molecule has 1 heterocycles. The second kappa shape index (κ2) is 14.2. The SMILES string of the molecule is O=C(Nc1cc2ccccc2cc1C(=O)N/N=C/c1ccc(Cl)c(C(F)(F)F)c1)c1cccc(CN2CCN(CCO)CC2)c1.